The third kappa shape index (κ3) is 3.04. The Kier molecular flexibility index (Phi) is 4.57. The van der Waals surface area contributed by atoms with Gasteiger partial charge in [-0.1, -0.05) is 12.1 Å². The van der Waals surface area contributed by atoms with Gasteiger partial charge in [0.25, 0.3) is 6.08 Å². The predicted octanol–water partition coefficient (Wildman–Crippen LogP) is 2.82. The Morgan fingerprint density at radius 1 is 1.48 bits per heavy atom. The second kappa shape index (κ2) is 6.39. The first kappa shape index (κ1) is 15.0. The van der Waals surface area contributed by atoms with Crippen LogP contribution in [0.1, 0.15) is 35.9 Å². The van der Waals surface area contributed by atoms with E-state index in [-0.39, 0.29) is 12.3 Å². The Bertz CT molecular complexity index is 640. The van der Waals surface area contributed by atoms with Crippen LogP contribution in [0.25, 0.3) is 0 Å². The number of ether oxygens (including phenoxy) is 2. The van der Waals surface area contributed by atoms with E-state index in [1.165, 1.54) is 10.8 Å². The van der Waals surface area contributed by atoms with Crippen LogP contribution < -0.4 is 4.74 Å². The highest BCUT2D eigenvalue weighted by Gasteiger charge is 2.22. The number of hydrogen-bond acceptors (Lipinski definition) is 4. The number of halogens is 1. The first-order valence-corrected chi connectivity index (χ1v) is 6.62. The van der Waals surface area contributed by atoms with E-state index in [1.54, 1.807) is 33.1 Å². The second-order valence-corrected chi connectivity index (χ2v) is 4.46. The molecule has 6 heteroatoms. The van der Waals surface area contributed by atoms with Gasteiger partial charge in [-0.05, 0) is 31.5 Å². The number of nitrogens with zero attached hydrogens (tertiary/aromatic N) is 2. The molecule has 0 aliphatic rings. The fourth-order valence-electron chi connectivity index (χ4n) is 2.11. The molecule has 1 aromatic heterocycles. The average Bonchev–Trinajstić information content (AvgIpc) is 2.88. The molecule has 0 saturated heterocycles. The topological polar surface area (TPSA) is 53.3 Å². The number of aromatic nitrogens is 2. The summed E-state index contributed by atoms with van der Waals surface area (Å²) in [7, 11) is 1.56. The van der Waals surface area contributed by atoms with Crippen LogP contribution in [0, 0.1) is 6.08 Å². The van der Waals surface area contributed by atoms with Crippen LogP contribution in [0.5, 0.6) is 5.75 Å². The molecule has 0 saturated carbocycles. The number of carbonyl (C=O) groups excluding carboxylic acids is 1. The largest absolute Gasteiger partial charge is 0.497 e. The smallest absolute Gasteiger partial charge is 0.356 e. The van der Waals surface area contributed by atoms with E-state index < -0.39 is 18.1 Å². The molecule has 21 heavy (non-hydrogen) atoms. The third-order valence-electron chi connectivity index (χ3n) is 3.20. The molecule has 0 fully saturated rings. The molecule has 0 radical (unpaired) electrons. The molecule has 0 spiro atoms. The van der Waals surface area contributed by atoms with Gasteiger partial charge in [0, 0.05) is 0 Å². The molecular weight excluding hydrogens is 275 g/mol. The monoisotopic (exact) mass is 292 g/mol. The summed E-state index contributed by atoms with van der Waals surface area (Å²) in [5.74, 6) is 0.0706. The zero-order chi connectivity index (χ0) is 15.4. The van der Waals surface area contributed by atoms with Crippen LogP contribution in [-0.4, -0.2) is 29.2 Å². The Morgan fingerprint density at radius 3 is 2.90 bits per heavy atom. The maximum absolute atomic E-state index is 13.9. The van der Waals surface area contributed by atoms with Gasteiger partial charge in [0.1, 0.15) is 11.4 Å². The van der Waals surface area contributed by atoms with Crippen LogP contribution in [-0.2, 0) is 4.74 Å². The number of esters is 1. The van der Waals surface area contributed by atoms with E-state index in [0.717, 1.165) is 5.56 Å². The lowest BCUT2D eigenvalue weighted by Crippen LogP contribution is -2.17. The fourth-order valence-corrected chi connectivity index (χ4v) is 2.11. The molecule has 0 N–H and O–H groups in total. The number of rotatable bonds is 5. The van der Waals surface area contributed by atoms with Gasteiger partial charge < -0.3 is 9.47 Å². The van der Waals surface area contributed by atoms with E-state index in [9.17, 15) is 9.18 Å². The molecule has 1 atom stereocenters. The molecule has 1 aromatic carbocycles. The first-order valence-electron chi connectivity index (χ1n) is 6.62. The molecule has 2 aromatic rings. The molecule has 2 rings (SSSR count). The van der Waals surface area contributed by atoms with Crippen molar-refractivity contribution in [1.82, 2.24) is 9.55 Å². The van der Waals surface area contributed by atoms with Crippen molar-refractivity contribution >= 4 is 5.97 Å². The maximum atomic E-state index is 13.9. The summed E-state index contributed by atoms with van der Waals surface area (Å²) in [5.41, 5.74) is 0.890. The number of imidazole rings is 1. The van der Waals surface area contributed by atoms with Gasteiger partial charge in [-0.2, -0.15) is 4.39 Å². The Balaban J connectivity index is 2.40. The van der Waals surface area contributed by atoms with Crippen molar-refractivity contribution in [1.29, 1.82) is 0 Å². The highest BCUT2D eigenvalue weighted by atomic mass is 19.1. The van der Waals surface area contributed by atoms with Gasteiger partial charge in [-0.25, -0.2) is 9.78 Å². The molecule has 1 heterocycles. The van der Waals surface area contributed by atoms with Crippen LogP contribution in [0.4, 0.5) is 4.39 Å². The molecule has 0 amide bonds. The Labute approximate surface area is 122 Å². The Morgan fingerprint density at radius 2 is 2.24 bits per heavy atom. The van der Waals surface area contributed by atoms with Gasteiger partial charge in [0.2, 0.25) is 0 Å². The van der Waals surface area contributed by atoms with E-state index in [4.69, 9.17) is 9.47 Å². The highest BCUT2D eigenvalue weighted by Crippen LogP contribution is 2.25. The van der Waals surface area contributed by atoms with Crippen LogP contribution in [0.15, 0.2) is 30.5 Å². The molecule has 5 nitrogen and oxygen atoms in total. The van der Waals surface area contributed by atoms with Crippen molar-refractivity contribution in [3.05, 3.63) is 47.8 Å². The normalized spacial score (nSPS) is 12.0. The van der Waals surface area contributed by atoms with Crippen molar-refractivity contribution in [2.24, 2.45) is 0 Å². The quantitative estimate of drug-likeness (QED) is 0.795. The van der Waals surface area contributed by atoms with Gasteiger partial charge >= 0.3 is 5.97 Å². The zero-order valence-corrected chi connectivity index (χ0v) is 12.2. The van der Waals surface area contributed by atoms with E-state index in [0.29, 0.717) is 5.75 Å². The fraction of sp³-hybridized carbons (Fsp3) is 0.333. The lowest BCUT2D eigenvalue weighted by atomic mass is 10.1. The second-order valence-electron chi connectivity index (χ2n) is 4.46. The summed E-state index contributed by atoms with van der Waals surface area (Å²) < 4.78 is 25.2. The van der Waals surface area contributed by atoms with E-state index in [2.05, 4.69) is 4.98 Å². The molecule has 0 bridgehead atoms. The van der Waals surface area contributed by atoms with Gasteiger partial charge in [0.05, 0.1) is 26.0 Å². The summed E-state index contributed by atoms with van der Waals surface area (Å²) in [6.45, 7) is 3.70. The van der Waals surface area contributed by atoms with Gasteiger partial charge in [0.15, 0.2) is 0 Å². The SMILES string of the molecule is CCOC(=O)c1cnc(F)n1C(C)c1cccc(OC)c1. The summed E-state index contributed by atoms with van der Waals surface area (Å²) in [6.07, 6.45) is 0.456. The van der Waals surface area contributed by atoms with Crippen LogP contribution in [0.3, 0.4) is 0 Å². The van der Waals surface area contributed by atoms with Crippen molar-refractivity contribution in [3.8, 4) is 5.75 Å². The first-order chi connectivity index (χ1) is 10.1. The van der Waals surface area contributed by atoms with E-state index in [1.807, 2.05) is 12.1 Å². The highest BCUT2D eigenvalue weighted by molar-refractivity contribution is 5.87. The van der Waals surface area contributed by atoms with Crippen LogP contribution in [0.2, 0.25) is 0 Å². The third-order valence-corrected chi connectivity index (χ3v) is 3.20. The summed E-state index contributed by atoms with van der Waals surface area (Å²) >= 11 is 0. The number of hydrogen-bond donors (Lipinski definition) is 0. The summed E-state index contributed by atoms with van der Waals surface area (Å²) in [5, 5.41) is 0. The summed E-state index contributed by atoms with van der Waals surface area (Å²) in [6, 6.07) is 6.82. The molecule has 0 aliphatic carbocycles. The van der Waals surface area contributed by atoms with Gasteiger partial charge in [-0.3, -0.25) is 4.57 Å². The Hall–Kier alpha value is -2.37. The number of benzene rings is 1. The zero-order valence-electron chi connectivity index (χ0n) is 12.2. The molecule has 0 aliphatic heterocycles. The minimum absolute atomic E-state index is 0.0877. The molecule has 112 valence electrons. The van der Waals surface area contributed by atoms with Crippen molar-refractivity contribution in [2.45, 2.75) is 19.9 Å². The minimum atomic E-state index is -0.728. The number of methoxy groups -OCH3 is 1. The van der Waals surface area contributed by atoms with Gasteiger partial charge in [-0.15, -0.1) is 0 Å². The lowest BCUT2D eigenvalue weighted by Gasteiger charge is -2.17. The predicted molar refractivity (Wildman–Crippen MR) is 74.9 cm³/mol. The molecule has 1 unspecified atom stereocenters. The lowest BCUT2D eigenvalue weighted by molar-refractivity contribution is 0.0510. The van der Waals surface area contributed by atoms with Crippen molar-refractivity contribution < 1.29 is 18.7 Å². The maximum Gasteiger partial charge on any atom is 0.356 e. The minimum Gasteiger partial charge on any atom is -0.497 e. The number of carbonyl (C=O) groups is 1. The van der Waals surface area contributed by atoms with E-state index >= 15 is 0 Å². The average molecular weight is 292 g/mol. The van der Waals surface area contributed by atoms with Crippen molar-refractivity contribution in [3.63, 3.8) is 0 Å². The molecular formula is C15H17FN2O3. The van der Waals surface area contributed by atoms with Crippen molar-refractivity contribution in [2.75, 3.05) is 13.7 Å². The summed E-state index contributed by atoms with van der Waals surface area (Å²) in [4.78, 5) is 15.4. The standard InChI is InChI=1S/C15H17FN2O3/c1-4-21-14(19)13-9-17-15(16)18(13)10(2)11-6-5-7-12(8-11)20-3/h5-10H,4H2,1-3H3. The van der Waals surface area contributed by atoms with Crippen LogP contribution >= 0.6 is 0 Å².